The molecule has 0 bridgehead atoms. The number of amides is 2. The highest BCUT2D eigenvalue weighted by Crippen LogP contribution is 2.24. The van der Waals surface area contributed by atoms with Crippen molar-refractivity contribution in [1.82, 2.24) is 19.8 Å². The Balaban J connectivity index is 1.24. The molecule has 2 heterocycles. The molecule has 0 radical (unpaired) electrons. The van der Waals surface area contributed by atoms with E-state index in [-0.39, 0.29) is 17.8 Å². The fourth-order valence-corrected chi connectivity index (χ4v) is 4.06. The number of urea groups is 1. The van der Waals surface area contributed by atoms with Crippen LogP contribution in [0, 0.1) is 6.92 Å². The predicted octanol–water partition coefficient (Wildman–Crippen LogP) is 3.10. The van der Waals surface area contributed by atoms with E-state index in [1.165, 1.54) is 0 Å². The molecule has 3 N–H and O–H groups in total. The Bertz CT molecular complexity index is 1050. The second-order valence-electron chi connectivity index (χ2n) is 7.64. The van der Waals surface area contributed by atoms with Gasteiger partial charge >= 0.3 is 11.7 Å². The van der Waals surface area contributed by atoms with Crippen molar-refractivity contribution in [2.45, 2.75) is 25.8 Å². The van der Waals surface area contributed by atoms with Crippen LogP contribution in [0.15, 0.2) is 53.3 Å². The number of nitrogens with one attached hydrogen (secondary N) is 3. The van der Waals surface area contributed by atoms with Gasteiger partial charge in [0.15, 0.2) is 0 Å². The van der Waals surface area contributed by atoms with Crippen LogP contribution in [-0.2, 0) is 0 Å². The van der Waals surface area contributed by atoms with Crippen molar-refractivity contribution < 1.29 is 4.79 Å². The van der Waals surface area contributed by atoms with Crippen LogP contribution in [0.2, 0.25) is 0 Å². The average Bonchev–Trinajstić information content (AvgIpc) is 3.04. The molecule has 0 atom stereocenters. The summed E-state index contributed by atoms with van der Waals surface area (Å²) in [6.45, 7) is 5.22. The van der Waals surface area contributed by atoms with Gasteiger partial charge in [-0.05, 0) is 49.6 Å². The third kappa shape index (κ3) is 4.51. The van der Waals surface area contributed by atoms with Gasteiger partial charge in [-0.25, -0.2) is 9.59 Å². The van der Waals surface area contributed by atoms with E-state index < -0.39 is 0 Å². The number of carbonyl (C=O) groups excluding carboxylic acids is 1. The van der Waals surface area contributed by atoms with Gasteiger partial charge in [0, 0.05) is 37.9 Å². The van der Waals surface area contributed by atoms with Gasteiger partial charge in [0.2, 0.25) is 0 Å². The largest absolute Gasteiger partial charge is 0.337 e. The zero-order chi connectivity index (χ0) is 20.2. The van der Waals surface area contributed by atoms with E-state index in [2.05, 4.69) is 20.5 Å². The summed E-state index contributed by atoms with van der Waals surface area (Å²) in [5.74, 6) is 0. The van der Waals surface area contributed by atoms with Crippen molar-refractivity contribution in [2.24, 2.45) is 0 Å². The van der Waals surface area contributed by atoms with Gasteiger partial charge in [-0.2, -0.15) is 0 Å². The molecule has 7 nitrogen and oxygen atoms in total. The summed E-state index contributed by atoms with van der Waals surface area (Å²) in [7, 11) is 0. The van der Waals surface area contributed by atoms with Gasteiger partial charge in [0.25, 0.3) is 0 Å². The van der Waals surface area contributed by atoms with Crippen molar-refractivity contribution >= 4 is 22.8 Å². The third-order valence-electron chi connectivity index (χ3n) is 5.54. The Labute approximate surface area is 169 Å². The van der Waals surface area contributed by atoms with Gasteiger partial charge in [-0.3, -0.25) is 4.57 Å². The van der Waals surface area contributed by atoms with E-state index in [4.69, 9.17) is 0 Å². The lowest BCUT2D eigenvalue weighted by molar-refractivity contribution is 0.187. The smallest absolute Gasteiger partial charge is 0.326 e. The Morgan fingerprint density at radius 2 is 1.93 bits per heavy atom. The van der Waals surface area contributed by atoms with Gasteiger partial charge in [0.1, 0.15) is 0 Å². The fourth-order valence-electron chi connectivity index (χ4n) is 4.06. The van der Waals surface area contributed by atoms with E-state index in [9.17, 15) is 9.59 Å². The summed E-state index contributed by atoms with van der Waals surface area (Å²) in [4.78, 5) is 29.7. The number of rotatable bonds is 5. The Hall–Kier alpha value is -3.06. The molecule has 152 valence electrons. The molecule has 0 spiro atoms. The summed E-state index contributed by atoms with van der Waals surface area (Å²) >= 11 is 0. The van der Waals surface area contributed by atoms with Crippen LogP contribution in [0.25, 0.3) is 11.0 Å². The lowest BCUT2D eigenvalue weighted by Gasteiger charge is -2.32. The molecule has 0 saturated carbocycles. The molecule has 1 aromatic heterocycles. The maximum atomic E-state index is 12.4. The van der Waals surface area contributed by atoms with Crippen LogP contribution in [0.1, 0.15) is 24.4 Å². The average molecular weight is 393 g/mol. The number of hydrogen-bond donors (Lipinski definition) is 3. The minimum Gasteiger partial charge on any atom is -0.337 e. The first-order chi connectivity index (χ1) is 14.1. The number of aromatic nitrogens is 2. The summed E-state index contributed by atoms with van der Waals surface area (Å²) in [5.41, 5.74) is 3.75. The lowest BCUT2D eigenvalue weighted by Crippen LogP contribution is -2.41. The van der Waals surface area contributed by atoms with E-state index in [1.807, 2.05) is 60.0 Å². The second kappa shape index (κ2) is 8.53. The molecule has 7 heteroatoms. The number of aryl methyl sites for hydroxylation is 1. The molecular weight excluding hydrogens is 366 g/mol. The Morgan fingerprint density at radius 1 is 1.14 bits per heavy atom. The van der Waals surface area contributed by atoms with Crippen LogP contribution >= 0.6 is 0 Å². The maximum absolute atomic E-state index is 12.4. The minimum atomic E-state index is -0.184. The molecule has 1 aliphatic heterocycles. The van der Waals surface area contributed by atoms with Gasteiger partial charge < -0.3 is 20.5 Å². The number of hydrogen-bond acceptors (Lipinski definition) is 3. The molecule has 1 fully saturated rings. The van der Waals surface area contributed by atoms with Crippen LogP contribution in [0.5, 0.6) is 0 Å². The molecule has 29 heavy (non-hydrogen) atoms. The zero-order valence-corrected chi connectivity index (χ0v) is 16.6. The van der Waals surface area contributed by atoms with Crippen LogP contribution in [0.4, 0.5) is 10.5 Å². The van der Waals surface area contributed by atoms with Crippen LogP contribution in [-0.4, -0.2) is 46.7 Å². The van der Waals surface area contributed by atoms with Crippen LogP contribution in [0.3, 0.4) is 0 Å². The van der Waals surface area contributed by atoms with Crippen molar-refractivity contribution in [1.29, 1.82) is 0 Å². The first kappa shape index (κ1) is 19.3. The van der Waals surface area contributed by atoms with Crippen molar-refractivity contribution in [3.63, 3.8) is 0 Å². The van der Waals surface area contributed by atoms with E-state index >= 15 is 0 Å². The number of likely N-dealkylation sites (tertiary alicyclic amines) is 1. The first-order valence-electron chi connectivity index (χ1n) is 10.1. The third-order valence-corrected chi connectivity index (χ3v) is 5.54. The Kier molecular flexibility index (Phi) is 5.67. The number of piperidine rings is 1. The number of fused-ring (bicyclic) bond motifs is 1. The molecular formula is C22H27N5O2. The van der Waals surface area contributed by atoms with Crippen molar-refractivity contribution in [3.8, 4) is 0 Å². The molecule has 2 amide bonds. The fraction of sp³-hybridized carbons (Fsp3) is 0.364. The zero-order valence-electron chi connectivity index (χ0n) is 16.6. The topological polar surface area (TPSA) is 82.2 Å². The standard InChI is InChI=1S/C22H27N5O2/c1-16-5-4-6-17(15-16)24-21(28)23-11-14-26-12-9-18(10-13-26)27-20-8-3-2-7-19(20)25-22(27)29/h2-8,15,18H,9-14H2,1H3,(H,25,29)(H2,23,24,28). The number of nitrogens with zero attached hydrogens (tertiary/aromatic N) is 2. The van der Waals surface area contributed by atoms with Crippen molar-refractivity contribution in [3.05, 3.63) is 64.6 Å². The normalized spacial score (nSPS) is 15.5. The number of anilines is 1. The second-order valence-corrected chi connectivity index (χ2v) is 7.64. The summed E-state index contributed by atoms with van der Waals surface area (Å²) in [6.07, 6.45) is 1.86. The maximum Gasteiger partial charge on any atom is 0.326 e. The number of imidazole rings is 1. The highest BCUT2D eigenvalue weighted by Gasteiger charge is 2.23. The summed E-state index contributed by atoms with van der Waals surface area (Å²) in [5, 5.41) is 5.78. The number of benzene rings is 2. The van der Waals surface area contributed by atoms with Gasteiger partial charge in [0.05, 0.1) is 11.0 Å². The van der Waals surface area contributed by atoms with Crippen molar-refractivity contribution in [2.75, 3.05) is 31.5 Å². The SMILES string of the molecule is Cc1cccc(NC(=O)NCCN2CCC(n3c(=O)[nH]c4ccccc43)CC2)c1. The number of H-pyrrole nitrogens is 1. The lowest BCUT2D eigenvalue weighted by atomic mass is 10.0. The van der Waals surface area contributed by atoms with Crippen LogP contribution < -0.4 is 16.3 Å². The van der Waals surface area contributed by atoms with Gasteiger partial charge in [-0.15, -0.1) is 0 Å². The van der Waals surface area contributed by atoms with E-state index in [1.54, 1.807) is 0 Å². The molecule has 4 rings (SSSR count). The quantitative estimate of drug-likeness (QED) is 0.623. The van der Waals surface area contributed by atoms with Gasteiger partial charge in [-0.1, -0.05) is 24.3 Å². The summed E-state index contributed by atoms with van der Waals surface area (Å²) in [6, 6.07) is 15.6. The molecule has 2 aromatic carbocycles. The molecule has 3 aromatic rings. The highest BCUT2D eigenvalue weighted by molar-refractivity contribution is 5.89. The molecule has 0 aliphatic carbocycles. The number of para-hydroxylation sites is 2. The van der Waals surface area contributed by atoms with E-state index in [0.29, 0.717) is 6.54 Å². The number of carbonyl (C=O) groups is 1. The monoisotopic (exact) mass is 393 g/mol. The molecule has 0 unspecified atom stereocenters. The molecule has 1 saturated heterocycles. The minimum absolute atomic E-state index is 0.0286. The first-order valence-corrected chi connectivity index (χ1v) is 10.1. The van der Waals surface area contributed by atoms with E-state index in [0.717, 1.165) is 54.8 Å². The predicted molar refractivity (Wildman–Crippen MR) is 115 cm³/mol. The Morgan fingerprint density at radius 3 is 2.72 bits per heavy atom. The number of aromatic amines is 1. The highest BCUT2D eigenvalue weighted by atomic mass is 16.2. The summed E-state index contributed by atoms with van der Waals surface area (Å²) < 4.78 is 1.90. The molecule has 1 aliphatic rings.